The van der Waals surface area contributed by atoms with Crippen molar-refractivity contribution in [2.45, 2.75) is 16.4 Å². The maximum Gasteiger partial charge on any atom is 0.294 e. The van der Waals surface area contributed by atoms with Gasteiger partial charge in [0.05, 0.1) is 15.3 Å². The third kappa shape index (κ3) is 3.30. The number of para-hydroxylation sites is 1. The number of thiophene rings is 1. The summed E-state index contributed by atoms with van der Waals surface area (Å²) in [5, 5.41) is -0.241. The molecule has 1 aromatic carbocycles. The van der Waals surface area contributed by atoms with Crippen molar-refractivity contribution >= 4 is 61.5 Å². The predicted octanol–water partition coefficient (Wildman–Crippen LogP) is 3.61. The van der Waals surface area contributed by atoms with Crippen LogP contribution in [0.3, 0.4) is 0 Å². The smallest absolute Gasteiger partial charge is 0.273 e. The molecule has 1 aromatic heterocycles. The van der Waals surface area contributed by atoms with E-state index in [1.807, 2.05) is 6.07 Å². The number of hydrogen-bond acceptors (Lipinski definition) is 5. The standard InChI is InChI=1S/C14H11ClN2O3S3/c1-9-13(18)17(10-5-3-2-4-6-10)14(21-9)16-23(19,20)12-8-7-11(15)22-12/h2-9H,1H3/t9-/m1/s1. The van der Waals surface area contributed by atoms with Gasteiger partial charge in [-0.2, -0.15) is 8.42 Å². The summed E-state index contributed by atoms with van der Waals surface area (Å²) in [6.45, 7) is 1.72. The van der Waals surface area contributed by atoms with E-state index in [2.05, 4.69) is 4.40 Å². The molecule has 9 heteroatoms. The van der Waals surface area contributed by atoms with Crippen LogP contribution in [0.15, 0.2) is 51.1 Å². The number of hydrogen-bond donors (Lipinski definition) is 0. The first-order chi connectivity index (χ1) is 10.9. The van der Waals surface area contributed by atoms with E-state index < -0.39 is 15.3 Å². The average Bonchev–Trinajstić information content (AvgIpc) is 3.05. The number of amidine groups is 1. The highest BCUT2D eigenvalue weighted by atomic mass is 35.5. The molecule has 1 aliphatic rings. The van der Waals surface area contributed by atoms with E-state index in [1.54, 1.807) is 31.2 Å². The second-order valence-corrected chi connectivity index (χ2v) is 9.53. The van der Waals surface area contributed by atoms with E-state index in [4.69, 9.17) is 11.6 Å². The third-order valence-corrected chi connectivity index (χ3v) is 7.18. The molecule has 2 aromatic rings. The zero-order valence-electron chi connectivity index (χ0n) is 11.8. The predicted molar refractivity (Wildman–Crippen MR) is 94.9 cm³/mol. The van der Waals surface area contributed by atoms with Crippen molar-refractivity contribution in [1.82, 2.24) is 0 Å². The normalized spacial score (nSPS) is 20.4. The zero-order chi connectivity index (χ0) is 16.6. The zero-order valence-corrected chi connectivity index (χ0v) is 15.0. The molecule has 0 N–H and O–H groups in total. The van der Waals surface area contributed by atoms with Crippen LogP contribution in [-0.4, -0.2) is 24.7 Å². The fourth-order valence-corrected chi connectivity index (χ4v) is 5.62. The van der Waals surface area contributed by atoms with Gasteiger partial charge < -0.3 is 0 Å². The minimum atomic E-state index is -3.90. The lowest BCUT2D eigenvalue weighted by Gasteiger charge is -2.15. The number of rotatable bonds is 3. The molecule has 1 atom stereocenters. The van der Waals surface area contributed by atoms with Crippen molar-refractivity contribution in [3.8, 4) is 0 Å². The van der Waals surface area contributed by atoms with Crippen molar-refractivity contribution < 1.29 is 13.2 Å². The van der Waals surface area contributed by atoms with Crippen LogP contribution >= 0.6 is 34.7 Å². The first-order valence-electron chi connectivity index (χ1n) is 6.54. The minimum Gasteiger partial charge on any atom is -0.273 e. The molecule has 2 heterocycles. The van der Waals surface area contributed by atoms with Crippen LogP contribution in [0.25, 0.3) is 0 Å². The highest BCUT2D eigenvalue weighted by Crippen LogP contribution is 2.34. The summed E-state index contributed by atoms with van der Waals surface area (Å²) in [6.07, 6.45) is 0. The lowest BCUT2D eigenvalue weighted by atomic mass is 10.3. The van der Waals surface area contributed by atoms with E-state index in [9.17, 15) is 13.2 Å². The summed E-state index contributed by atoms with van der Waals surface area (Å²) >= 11 is 7.85. The Balaban J connectivity index is 2.05. The highest BCUT2D eigenvalue weighted by molar-refractivity contribution is 8.16. The van der Waals surface area contributed by atoms with Gasteiger partial charge >= 0.3 is 0 Å². The molecule has 0 unspecified atom stereocenters. The second kappa shape index (κ2) is 6.27. The number of amides is 1. The van der Waals surface area contributed by atoms with E-state index in [0.29, 0.717) is 10.0 Å². The van der Waals surface area contributed by atoms with Gasteiger partial charge in [-0.15, -0.1) is 15.7 Å². The van der Waals surface area contributed by atoms with E-state index in [0.717, 1.165) is 23.1 Å². The number of nitrogens with zero attached hydrogens (tertiary/aromatic N) is 2. The number of sulfonamides is 1. The van der Waals surface area contributed by atoms with Crippen molar-refractivity contribution in [2.24, 2.45) is 4.40 Å². The molecule has 0 radical (unpaired) electrons. The summed E-state index contributed by atoms with van der Waals surface area (Å²) in [7, 11) is -3.90. The number of anilines is 1. The topological polar surface area (TPSA) is 66.8 Å². The van der Waals surface area contributed by atoms with Gasteiger partial charge in [0, 0.05) is 0 Å². The molecule has 1 saturated heterocycles. The van der Waals surface area contributed by atoms with Crippen LogP contribution in [0.5, 0.6) is 0 Å². The van der Waals surface area contributed by atoms with Gasteiger partial charge in [0.15, 0.2) is 5.17 Å². The summed E-state index contributed by atoms with van der Waals surface area (Å²) < 4.78 is 29.1. The average molecular weight is 387 g/mol. The monoisotopic (exact) mass is 386 g/mol. The van der Waals surface area contributed by atoms with E-state index in [1.165, 1.54) is 17.0 Å². The first kappa shape index (κ1) is 16.5. The molecule has 120 valence electrons. The quantitative estimate of drug-likeness (QED) is 0.808. The Morgan fingerprint density at radius 1 is 1.17 bits per heavy atom. The van der Waals surface area contributed by atoms with Crippen molar-refractivity contribution in [3.05, 3.63) is 46.8 Å². The Bertz CT molecular complexity index is 878. The van der Waals surface area contributed by atoms with Gasteiger partial charge in [-0.1, -0.05) is 41.6 Å². The molecule has 0 spiro atoms. The highest BCUT2D eigenvalue weighted by Gasteiger charge is 2.37. The van der Waals surface area contributed by atoms with Crippen molar-refractivity contribution in [1.29, 1.82) is 0 Å². The SMILES string of the molecule is C[C@H]1SC(=NS(=O)(=O)c2ccc(Cl)s2)N(c2ccccc2)C1=O. The molecular formula is C14H11ClN2O3S3. The van der Waals surface area contributed by atoms with Crippen LogP contribution in [-0.2, 0) is 14.8 Å². The van der Waals surface area contributed by atoms with Gasteiger partial charge in [0.2, 0.25) is 5.91 Å². The lowest BCUT2D eigenvalue weighted by molar-refractivity contribution is -0.116. The van der Waals surface area contributed by atoms with Gasteiger partial charge in [0.1, 0.15) is 4.21 Å². The van der Waals surface area contributed by atoms with Gasteiger partial charge in [0.25, 0.3) is 10.0 Å². The largest absolute Gasteiger partial charge is 0.294 e. The molecule has 0 saturated carbocycles. The first-order valence-corrected chi connectivity index (χ1v) is 10.1. The molecule has 23 heavy (non-hydrogen) atoms. The molecule has 3 rings (SSSR count). The van der Waals surface area contributed by atoms with Crippen LogP contribution in [0, 0.1) is 0 Å². The number of benzene rings is 1. The lowest BCUT2D eigenvalue weighted by Crippen LogP contribution is -2.31. The van der Waals surface area contributed by atoms with Crippen LogP contribution in [0.4, 0.5) is 5.69 Å². The number of carbonyl (C=O) groups is 1. The minimum absolute atomic E-state index is 0.0515. The van der Waals surface area contributed by atoms with Crippen molar-refractivity contribution in [3.63, 3.8) is 0 Å². The van der Waals surface area contributed by atoms with Gasteiger partial charge in [-0.25, -0.2) is 0 Å². The molecule has 0 bridgehead atoms. The third-order valence-electron chi connectivity index (χ3n) is 3.06. The molecule has 1 fully saturated rings. The second-order valence-electron chi connectivity index (χ2n) is 4.68. The number of halogens is 1. The Morgan fingerprint density at radius 2 is 1.87 bits per heavy atom. The fraction of sp³-hybridized carbons (Fsp3) is 0.143. The van der Waals surface area contributed by atoms with E-state index in [-0.39, 0.29) is 15.3 Å². The Kier molecular flexibility index (Phi) is 4.50. The maximum atomic E-state index is 12.4. The molecular weight excluding hydrogens is 376 g/mol. The molecule has 0 aliphatic carbocycles. The maximum absolute atomic E-state index is 12.4. The van der Waals surface area contributed by atoms with Crippen LogP contribution in [0.2, 0.25) is 4.34 Å². The summed E-state index contributed by atoms with van der Waals surface area (Å²) in [4.78, 5) is 13.7. The number of carbonyl (C=O) groups excluding carboxylic acids is 1. The summed E-state index contributed by atoms with van der Waals surface area (Å²) in [6, 6.07) is 11.8. The Labute approximate surface area is 147 Å². The van der Waals surface area contributed by atoms with Gasteiger partial charge in [-0.3, -0.25) is 9.69 Å². The fourth-order valence-electron chi connectivity index (χ4n) is 2.00. The molecule has 1 aliphatic heterocycles. The molecule has 5 nitrogen and oxygen atoms in total. The number of thioether (sulfide) groups is 1. The van der Waals surface area contributed by atoms with Crippen molar-refractivity contribution in [2.75, 3.05) is 4.90 Å². The van der Waals surface area contributed by atoms with Crippen LogP contribution in [0.1, 0.15) is 6.92 Å². The van der Waals surface area contributed by atoms with E-state index >= 15 is 0 Å². The Morgan fingerprint density at radius 3 is 2.48 bits per heavy atom. The molecule has 1 amide bonds. The van der Waals surface area contributed by atoms with Crippen LogP contribution < -0.4 is 4.90 Å². The summed E-state index contributed by atoms with van der Waals surface area (Å²) in [5.74, 6) is -0.195. The Hall–Kier alpha value is -1.35. The summed E-state index contributed by atoms with van der Waals surface area (Å²) in [5.41, 5.74) is 0.590. The van der Waals surface area contributed by atoms with Gasteiger partial charge in [-0.05, 0) is 31.2 Å².